The number of fused-ring (bicyclic) bond motifs is 1. The maximum absolute atomic E-state index is 12.4. The lowest BCUT2D eigenvalue weighted by molar-refractivity contribution is -0.123. The topological polar surface area (TPSA) is 92.8 Å². The summed E-state index contributed by atoms with van der Waals surface area (Å²) in [6, 6.07) is 13.0. The summed E-state index contributed by atoms with van der Waals surface area (Å²) < 4.78 is 4.94. The van der Waals surface area contributed by atoms with Gasteiger partial charge in [0.1, 0.15) is 0 Å². The van der Waals surface area contributed by atoms with Gasteiger partial charge >= 0.3 is 5.97 Å². The van der Waals surface area contributed by atoms with Crippen molar-refractivity contribution in [3.05, 3.63) is 70.8 Å². The molecule has 2 aromatic carbocycles. The summed E-state index contributed by atoms with van der Waals surface area (Å²) >= 11 is 0. The van der Waals surface area contributed by atoms with Gasteiger partial charge in [0, 0.05) is 0 Å². The Morgan fingerprint density at radius 2 is 1.71 bits per heavy atom. The van der Waals surface area contributed by atoms with Crippen LogP contribution < -0.4 is 5.32 Å². The third-order valence-electron chi connectivity index (χ3n) is 4.10. The van der Waals surface area contributed by atoms with Gasteiger partial charge in [-0.15, -0.1) is 6.42 Å². The van der Waals surface area contributed by atoms with Crippen LogP contribution in [0.15, 0.2) is 48.5 Å². The summed E-state index contributed by atoms with van der Waals surface area (Å²) in [7, 11) is 0. The summed E-state index contributed by atoms with van der Waals surface area (Å²) in [4.78, 5) is 49.6. The van der Waals surface area contributed by atoms with Crippen LogP contribution >= 0.6 is 0 Å². The highest BCUT2D eigenvalue weighted by Gasteiger charge is 2.35. The first-order valence-electron chi connectivity index (χ1n) is 8.42. The van der Waals surface area contributed by atoms with E-state index >= 15 is 0 Å². The van der Waals surface area contributed by atoms with E-state index in [1.165, 1.54) is 12.1 Å². The first kappa shape index (κ1) is 18.9. The standard InChI is InChI=1S/C21H16N2O5/c1-2-10-22-18(24)13-28-21(27)15-7-5-6-14(11-15)12-23-19(25)16-8-3-4-9-17(16)20(23)26/h1,3-9,11H,10,12-13H2,(H,22,24). The van der Waals surface area contributed by atoms with E-state index in [4.69, 9.17) is 11.2 Å². The van der Waals surface area contributed by atoms with Crippen molar-refractivity contribution < 1.29 is 23.9 Å². The number of rotatable bonds is 6. The predicted molar refractivity (Wildman–Crippen MR) is 99.2 cm³/mol. The Morgan fingerprint density at radius 3 is 2.36 bits per heavy atom. The molecule has 1 aliphatic rings. The second kappa shape index (κ2) is 8.18. The molecule has 2 aromatic rings. The average molecular weight is 376 g/mol. The van der Waals surface area contributed by atoms with E-state index in [9.17, 15) is 19.2 Å². The van der Waals surface area contributed by atoms with Gasteiger partial charge in [-0.25, -0.2) is 4.79 Å². The molecule has 0 fully saturated rings. The first-order valence-corrected chi connectivity index (χ1v) is 8.42. The molecule has 3 amide bonds. The lowest BCUT2D eigenvalue weighted by Gasteiger charge is -2.14. The summed E-state index contributed by atoms with van der Waals surface area (Å²) in [5.74, 6) is 0.289. The predicted octanol–water partition coefficient (Wildman–Crippen LogP) is 1.39. The lowest BCUT2D eigenvalue weighted by Crippen LogP contribution is -2.29. The molecular formula is C21H16N2O5. The van der Waals surface area contributed by atoms with E-state index in [0.29, 0.717) is 16.7 Å². The highest BCUT2D eigenvalue weighted by Crippen LogP contribution is 2.24. The van der Waals surface area contributed by atoms with Gasteiger partial charge in [-0.2, -0.15) is 0 Å². The number of hydrogen-bond acceptors (Lipinski definition) is 5. The molecule has 0 bridgehead atoms. The van der Waals surface area contributed by atoms with Crippen LogP contribution in [0.25, 0.3) is 0 Å². The maximum Gasteiger partial charge on any atom is 0.338 e. The molecular weight excluding hydrogens is 360 g/mol. The van der Waals surface area contributed by atoms with Crippen LogP contribution in [0.1, 0.15) is 36.6 Å². The van der Waals surface area contributed by atoms with Crippen molar-refractivity contribution in [2.75, 3.05) is 13.2 Å². The number of terminal acetylenes is 1. The number of imide groups is 1. The van der Waals surface area contributed by atoms with E-state index in [1.54, 1.807) is 36.4 Å². The fourth-order valence-corrected chi connectivity index (χ4v) is 2.78. The van der Waals surface area contributed by atoms with Crippen LogP contribution in [0, 0.1) is 12.3 Å². The minimum Gasteiger partial charge on any atom is -0.452 e. The van der Waals surface area contributed by atoms with Crippen molar-refractivity contribution in [1.82, 2.24) is 10.2 Å². The maximum atomic E-state index is 12.4. The molecule has 0 unspecified atom stereocenters. The van der Waals surface area contributed by atoms with Crippen LogP contribution in [-0.4, -0.2) is 41.7 Å². The number of carbonyl (C=O) groups is 4. The number of hydrogen-bond donors (Lipinski definition) is 1. The molecule has 0 spiro atoms. The number of amides is 3. The Hall–Kier alpha value is -3.92. The van der Waals surface area contributed by atoms with Crippen molar-refractivity contribution >= 4 is 23.7 Å². The van der Waals surface area contributed by atoms with E-state index < -0.39 is 18.5 Å². The molecule has 1 N–H and O–H groups in total. The van der Waals surface area contributed by atoms with Crippen molar-refractivity contribution in [2.45, 2.75) is 6.54 Å². The minimum atomic E-state index is -0.694. The summed E-state index contributed by atoms with van der Waals surface area (Å²) in [6.45, 7) is -0.384. The molecule has 0 radical (unpaired) electrons. The second-order valence-electron chi connectivity index (χ2n) is 6.00. The lowest BCUT2D eigenvalue weighted by atomic mass is 10.1. The summed E-state index contributed by atoms with van der Waals surface area (Å²) in [5, 5.41) is 2.38. The normalized spacial score (nSPS) is 12.3. The quantitative estimate of drug-likeness (QED) is 0.467. The smallest absolute Gasteiger partial charge is 0.338 e. The van der Waals surface area contributed by atoms with Gasteiger partial charge in [0.15, 0.2) is 6.61 Å². The number of carbonyl (C=O) groups excluding carboxylic acids is 4. The number of nitrogens with one attached hydrogen (secondary N) is 1. The van der Waals surface area contributed by atoms with Crippen LogP contribution in [0.5, 0.6) is 0 Å². The molecule has 0 saturated heterocycles. The Morgan fingerprint density at radius 1 is 1.04 bits per heavy atom. The molecule has 7 heteroatoms. The van der Waals surface area contributed by atoms with E-state index in [-0.39, 0.29) is 30.5 Å². The van der Waals surface area contributed by atoms with Gasteiger partial charge < -0.3 is 10.1 Å². The Balaban J connectivity index is 1.67. The monoisotopic (exact) mass is 376 g/mol. The molecule has 0 atom stereocenters. The first-order chi connectivity index (χ1) is 13.5. The van der Waals surface area contributed by atoms with Crippen LogP contribution in [0.2, 0.25) is 0 Å². The summed E-state index contributed by atoms with van der Waals surface area (Å²) in [6.07, 6.45) is 5.03. The molecule has 140 valence electrons. The molecule has 28 heavy (non-hydrogen) atoms. The van der Waals surface area contributed by atoms with E-state index in [0.717, 1.165) is 4.90 Å². The molecule has 1 aliphatic heterocycles. The fourth-order valence-electron chi connectivity index (χ4n) is 2.78. The Labute approximate surface area is 161 Å². The zero-order chi connectivity index (χ0) is 20.1. The fraction of sp³-hybridized carbons (Fsp3) is 0.143. The van der Waals surface area contributed by atoms with Crippen LogP contribution in [0.3, 0.4) is 0 Å². The van der Waals surface area contributed by atoms with Crippen molar-refractivity contribution in [2.24, 2.45) is 0 Å². The van der Waals surface area contributed by atoms with Crippen molar-refractivity contribution in [3.63, 3.8) is 0 Å². The number of nitrogens with zero attached hydrogens (tertiary/aromatic N) is 1. The van der Waals surface area contributed by atoms with Crippen LogP contribution in [-0.2, 0) is 16.1 Å². The zero-order valence-corrected chi connectivity index (χ0v) is 14.8. The Kier molecular flexibility index (Phi) is 5.51. The van der Waals surface area contributed by atoms with Gasteiger partial charge in [0.25, 0.3) is 17.7 Å². The number of esters is 1. The average Bonchev–Trinajstić information content (AvgIpc) is 2.96. The molecule has 3 rings (SSSR count). The van der Waals surface area contributed by atoms with Gasteiger partial charge in [-0.3, -0.25) is 19.3 Å². The highest BCUT2D eigenvalue weighted by molar-refractivity contribution is 6.21. The van der Waals surface area contributed by atoms with Crippen LogP contribution in [0.4, 0.5) is 0 Å². The second-order valence-corrected chi connectivity index (χ2v) is 6.00. The highest BCUT2D eigenvalue weighted by atomic mass is 16.5. The molecule has 7 nitrogen and oxygen atoms in total. The van der Waals surface area contributed by atoms with Crippen molar-refractivity contribution in [1.29, 1.82) is 0 Å². The zero-order valence-electron chi connectivity index (χ0n) is 14.8. The molecule has 1 heterocycles. The summed E-state index contributed by atoms with van der Waals surface area (Å²) in [5.41, 5.74) is 1.52. The van der Waals surface area contributed by atoms with Crippen molar-refractivity contribution in [3.8, 4) is 12.3 Å². The number of benzene rings is 2. The third kappa shape index (κ3) is 3.91. The largest absolute Gasteiger partial charge is 0.452 e. The minimum absolute atomic E-state index is 0.0239. The van der Waals surface area contributed by atoms with E-state index in [2.05, 4.69) is 11.2 Å². The molecule has 0 aliphatic carbocycles. The van der Waals surface area contributed by atoms with E-state index in [1.807, 2.05) is 0 Å². The van der Waals surface area contributed by atoms with Gasteiger partial charge in [-0.1, -0.05) is 30.2 Å². The third-order valence-corrected chi connectivity index (χ3v) is 4.10. The Bertz CT molecular complexity index is 971. The number of ether oxygens (including phenoxy) is 1. The van der Waals surface area contributed by atoms with Gasteiger partial charge in [0.05, 0.1) is 29.8 Å². The molecule has 0 aromatic heterocycles. The van der Waals surface area contributed by atoms with Gasteiger partial charge in [0.2, 0.25) is 0 Å². The SMILES string of the molecule is C#CCNC(=O)COC(=O)c1cccc(CN2C(=O)c3ccccc3C2=O)c1. The van der Waals surface area contributed by atoms with Gasteiger partial charge in [-0.05, 0) is 29.8 Å². The molecule has 0 saturated carbocycles.